The molecule has 1 saturated heterocycles. The number of hydrogen-bond donors (Lipinski definition) is 2. The van der Waals surface area contributed by atoms with Gasteiger partial charge < -0.3 is 10.6 Å². The molecule has 2 N–H and O–H groups in total. The van der Waals surface area contributed by atoms with Crippen molar-refractivity contribution < 1.29 is 8.42 Å². The first-order valence-electron chi connectivity index (χ1n) is 9.01. The summed E-state index contributed by atoms with van der Waals surface area (Å²) in [6.45, 7) is 2.40. The summed E-state index contributed by atoms with van der Waals surface area (Å²) in [6.07, 6.45) is 3.63. The van der Waals surface area contributed by atoms with Gasteiger partial charge in [0.25, 0.3) is 0 Å². The zero-order valence-electron chi connectivity index (χ0n) is 15.7. The fraction of sp³-hybridized carbons (Fsp3) is 0.444. The molecule has 1 aliphatic heterocycles. The molecule has 1 aromatic heterocycles. The number of hydrogen-bond acceptors (Lipinski definition) is 4. The number of guanidine groups is 1. The SMILES string of the molecule is CN=C(NCc1ccc(S(=O)(=O)N2CCCC2)cc1)NCc1ccnn1C. The summed E-state index contributed by atoms with van der Waals surface area (Å²) >= 11 is 0. The van der Waals surface area contributed by atoms with Crippen LogP contribution in [0.3, 0.4) is 0 Å². The van der Waals surface area contributed by atoms with E-state index in [1.807, 2.05) is 25.2 Å². The standard InChI is InChI=1S/C18H26N6O2S/c1-19-18(21-14-16-9-10-22-23(16)2)20-13-15-5-7-17(8-6-15)27(25,26)24-11-3-4-12-24/h5-10H,3-4,11-14H2,1-2H3,(H2,19,20,21). The highest BCUT2D eigenvalue weighted by Gasteiger charge is 2.26. The normalized spacial score (nSPS) is 15.9. The largest absolute Gasteiger partial charge is 0.352 e. The van der Waals surface area contributed by atoms with Crippen molar-refractivity contribution in [2.75, 3.05) is 20.1 Å². The molecule has 1 aliphatic rings. The van der Waals surface area contributed by atoms with Crippen molar-refractivity contribution in [3.8, 4) is 0 Å². The quantitative estimate of drug-likeness (QED) is 0.569. The van der Waals surface area contributed by atoms with E-state index in [2.05, 4.69) is 20.7 Å². The van der Waals surface area contributed by atoms with Gasteiger partial charge in [0.2, 0.25) is 10.0 Å². The molecule has 1 fully saturated rings. The van der Waals surface area contributed by atoms with Crippen molar-refractivity contribution in [3.05, 3.63) is 47.8 Å². The average molecular weight is 391 g/mol. The lowest BCUT2D eigenvalue weighted by Crippen LogP contribution is -2.36. The second-order valence-corrected chi connectivity index (χ2v) is 8.42. The predicted octanol–water partition coefficient (Wildman–Crippen LogP) is 1.07. The summed E-state index contributed by atoms with van der Waals surface area (Å²) in [4.78, 5) is 4.56. The predicted molar refractivity (Wildman–Crippen MR) is 105 cm³/mol. The lowest BCUT2D eigenvalue weighted by Gasteiger charge is -2.16. The number of rotatable bonds is 6. The van der Waals surface area contributed by atoms with Gasteiger partial charge in [-0.2, -0.15) is 9.40 Å². The molecule has 0 unspecified atom stereocenters. The van der Waals surface area contributed by atoms with Crippen LogP contribution in [0.1, 0.15) is 24.1 Å². The van der Waals surface area contributed by atoms with Gasteiger partial charge in [-0.25, -0.2) is 8.42 Å². The van der Waals surface area contributed by atoms with Gasteiger partial charge in [-0.1, -0.05) is 12.1 Å². The third-order valence-corrected chi connectivity index (χ3v) is 6.58. The van der Waals surface area contributed by atoms with E-state index in [0.717, 1.165) is 24.1 Å². The highest BCUT2D eigenvalue weighted by atomic mass is 32.2. The molecule has 8 nitrogen and oxygen atoms in total. The minimum absolute atomic E-state index is 0.354. The molecule has 0 radical (unpaired) electrons. The Morgan fingerprint density at radius 3 is 2.37 bits per heavy atom. The van der Waals surface area contributed by atoms with Gasteiger partial charge in [0.05, 0.1) is 17.1 Å². The van der Waals surface area contributed by atoms with E-state index in [-0.39, 0.29) is 0 Å². The van der Waals surface area contributed by atoms with Crippen LogP contribution in [0.5, 0.6) is 0 Å². The Morgan fingerprint density at radius 2 is 1.78 bits per heavy atom. The molecular weight excluding hydrogens is 364 g/mol. The lowest BCUT2D eigenvalue weighted by molar-refractivity contribution is 0.477. The Labute approximate surface area is 160 Å². The summed E-state index contributed by atoms with van der Waals surface area (Å²) in [5, 5.41) is 10.6. The maximum Gasteiger partial charge on any atom is 0.243 e. The second kappa shape index (κ2) is 8.53. The molecule has 3 rings (SSSR count). The summed E-state index contributed by atoms with van der Waals surface area (Å²) < 4.78 is 28.5. The zero-order valence-corrected chi connectivity index (χ0v) is 16.5. The molecule has 0 spiro atoms. The zero-order chi connectivity index (χ0) is 19.3. The van der Waals surface area contributed by atoms with Crippen molar-refractivity contribution in [3.63, 3.8) is 0 Å². The maximum absolute atomic E-state index is 12.6. The van der Waals surface area contributed by atoms with Gasteiger partial charge in [0.1, 0.15) is 0 Å². The Bertz CT molecular complexity index is 883. The Hall–Kier alpha value is -2.39. The first-order chi connectivity index (χ1) is 13.0. The molecule has 0 aliphatic carbocycles. The van der Waals surface area contributed by atoms with Gasteiger partial charge in [-0.3, -0.25) is 9.67 Å². The number of sulfonamides is 1. The van der Waals surface area contributed by atoms with Gasteiger partial charge in [-0.15, -0.1) is 0 Å². The highest BCUT2D eigenvalue weighted by Crippen LogP contribution is 2.21. The lowest BCUT2D eigenvalue weighted by atomic mass is 10.2. The van der Waals surface area contributed by atoms with Crippen molar-refractivity contribution in [2.45, 2.75) is 30.8 Å². The third-order valence-electron chi connectivity index (χ3n) is 4.67. The highest BCUT2D eigenvalue weighted by molar-refractivity contribution is 7.89. The monoisotopic (exact) mass is 390 g/mol. The van der Waals surface area contributed by atoms with Crippen LogP contribution in [0.25, 0.3) is 0 Å². The van der Waals surface area contributed by atoms with Gasteiger partial charge in [0.15, 0.2) is 5.96 Å². The van der Waals surface area contributed by atoms with Crippen LogP contribution in [0.15, 0.2) is 46.4 Å². The van der Waals surface area contributed by atoms with E-state index < -0.39 is 10.0 Å². The Balaban J connectivity index is 1.55. The Morgan fingerprint density at radius 1 is 1.11 bits per heavy atom. The van der Waals surface area contributed by atoms with E-state index in [1.165, 1.54) is 0 Å². The fourth-order valence-electron chi connectivity index (χ4n) is 3.01. The summed E-state index contributed by atoms with van der Waals surface area (Å²) in [5.74, 6) is 0.671. The van der Waals surface area contributed by atoms with Gasteiger partial charge >= 0.3 is 0 Å². The smallest absolute Gasteiger partial charge is 0.243 e. The minimum Gasteiger partial charge on any atom is -0.352 e. The molecule has 1 aromatic carbocycles. The number of aliphatic imine (C=N–C) groups is 1. The molecule has 27 heavy (non-hydrogen) atoms. The first kappa shape index (κ1) is 19.4. The molecule has 0 atom stereocenters. The molecule has 0 saturated carbocycles. The van der Waals surface area contributed by atoms with Crippen molar-refractivity contribution in [1.29, 1.82) is 0 Å². The number of nitrogens with zero attached hydrogens (tertiary/aromatic N) is 4. The number of aromatic nitrogens is 2. The van der Waals surface area contributed by atoms with Gasteiger partial charge in [0, 0.05) is 39.9 Å². The molecule has 0 bridgehead atoms. The van der Waals surface area contributed by atoms with Crippen LogP contribution in [-0.2, 0) is 30.2 Å². The molecule has 146 valence electrons. The maximum atomic E-state index is 12.6. The van der Waals surface area contributed by atoms with Crippen molar-refractivity contribution in [2.24, 2.45) is 12.0 Å². The van der Waals surface area contributed by atoms with Crippen LogP contribution in [-0.4, -0.2) is 48.6 Å². The summed E-state index contributed by atoms with van der Waals surface area (Å²) in [7, 11) is 0.246. The molecule has 9 heteroatoms. The molecule has 2 heterocycles. The topological polar surface area (TPSA) is 91.6 Å². The fourth-order valence-corrected chi connectivity index (χ4v) is 4.53. The molecular formula is C18H26N6O2S. The van der Waals surface area contributed by atoms with Crippen LogP contribution in [0.2, 0.25) is 0 Å². The number of benzene rings is 1. The van der Waals surface area contributed by atoms with Crippen molar-refractivity contribution in [1.82, 2.24) is 24.7 Å². The molecule has 2 aromatic rings. The van der Waals surface area contributed by atoms with Crippen LogP contribution in [0.4, 0.5) is 0 Å². The van der Waals surface area contributed by atoms with Crippen LogP contribution in [0, 0.1) is 0 Å². The summed E-state index contributed by atoms with van der Waals surface area (Å²) in [5.41, 5.74) is 2.04. The first-order valence-corrected chi connectivity index (χ1v) is 10.4. The minimum atomic E-state index is -3.36. The van der Waals surface area contributed by atoms with E-state index in [1.54, 1.807) is 34.4 Å². The van der Waals surface area contributed by atoms with Crippen LogP contribution < -0.4 is 10.6 Å². The van der Waals surface area contributed by atoms with Crippen LogP contribution >= 0.6 is 0 Å². The van der Waals surface area contributed by atoms with Crippen molar-refractivity contribution >= 4 is 16.0 Å². The summed E-state index contributed by atoms with van der Waals surface area (Å²) in [6, 6.07) is 8.97. The Kier molecular flexibility index (Phi) is 6.12. The number of nitrogens with one attached hydrogen (secondary N) is 2. The van der Waals surface area contributed by atoms with E-state index in [9.17, 15) is 8.42 Å². The second-order valence-electron chi connectivity index (χ2n) is 6.48. The third kappa shape index (κ3) is 4.67. The van der Waals surface area contributed by atoms with E-state index in [4.69, 9.17) is 0 Å². The van der Waals surface area contributed by atoms with E-state index >= 15 is 0 Å². The molecule has 0 amide bonds. The van der Waals surface area contributed by atoms with E-state index in [0.29, 0.717) is 37.0 Å². The number of aryl methyl sites for hydroxylation is 1. The average Bonchev–Trinajstić information content (AvgIpc) is 3.35. The van der Waals surface area contributed by atoms with Gasteiger partial charge in [-0.05, 0) is 36.6 Å².